The predicted octanol–water partition coefficient (Wildman–Crippen LogP) is 4.45. The molecule has 128 valence electrons. The topological polar surface area (TPSA) is 50.4 Å². The summed E-state index contributed by atoms with van der Waals surface area (Å²) in [6.07, 6.45) is 0.396. The van der Waals surface area contributed by atoms with Crippen LogP contribution in [0.3, 0.4) is 0 Å². The van der Waals surface area contributed by atoms with Crippen molar-refractivity contribution in [1.82, 2.24) is 0 Å². The summed E-state index contributed by atoms with van der Waals surface area (Å²) in [7, 11) is 0. The van der Waals surface area contributed by atoms with Crippen molar-refractivity contribution >= 4 is 17.3 Å². The van der Waals surface area contributed by atoms with Crippen LogP contribution in [0.25, 0.3) is 0 Å². The van der Waals surface area contributed by atoms with Crippen LogP contribution in [0, 0.1) is 20.8 Å². The minimum atomic E-state index is 0.00597. The van der Waals surface area contributed by atoms with E-state index in [4.69, 9.17) is 4.74 Å². The first-order chi connectivity index (χ1) is 11.5. The number of aryl methyl sites for hydroxylation is 3. The highest BCUT2D eigenvalue weighted by atomic mass is 16.5. The summed E-state index contributed by atoms with van der Waals surface area (Å²) in [5, 5.41) is 6.29. The van der Waals surface area contributed by atoms with Crippen molar-refractivity contribution in [1.29, 1.82) is 0 Å². The fourth-order valence-electron chi connectivity index (χ4n) is 2.78. The number of amides is 1. The lowest BCUT2D eigenvalue weighted by Crippen LogP contribution is -2.17. The van der Waals surface area contributed by atoms with Crippen LogP contribution in [0.2, 0.25) is 0 Å². The third-order valence-electron chi connectivity index (χ3n) is 3.80. The van der Waals surface area contributed by atoms with Crippen LogP contribution in [-0.4, -0.2) is 19.1 Å². The smallest absolute Gasteiger partial charge is 0.226 e. The second kappa shape index (κ2) is 8.39. The molecule has 0 bridgehead atoms. The second-order valence-corrected chi connectivity index (χ2v) is 5.93. The van der Waals surface area contributed by atoms with Crippen molar-refractivity contribution in [2.24, 2.45) is 0 Å². The zero-order valence-electron chi connectivity index (χ0n) is 14.9. The van der Waals surface area contributed by atoms with Crippen molar-refractivity contribution < 1.29 is 9.53 Å². The maximum absolute atomic E-state index is 12.2. The Bertz CT molecular complexity index is 688. The van der Waals surface area contributed by atoms with Gasteiger partial charge in [0.15, 0.2) is 0 Å². The first-order valence-corrected chi connectivity index (χ1v) is 8.34. The van der Waals surface area contributed by atoms with Gasteiger partial charge in [0.1, 0.15) is 5.75 Å². The van der Waals surface area contributed by atoms with Crippen LogP contribution < -0.4 is 15.4 Å². The summed E-state index contributed by atoms with van der Waals surface area (Å²) in [6, 6.07) is 11.9. The van der Waals surface area contributed by atoms with Crippen molar-refractivity contribution in [2.75, 3.05) is 23.8 Å². The lowest BCUT2D eigenvalue weighted by molar-refractivity contribution is -0.116. The van der Waals surface area contributed by atoms with E-state index >= 15 is 0 Å². The second-order valence-electron chi connectivity index (χ2n) is 5.93. The number of anilines is 2. The Balaban J connectivity index is 1.91. The van der Waals surface area contributed by atoms with Crippen molar-refractivity contribution in [3.63, 3.8) is 0 Å². The molecule has 1 amide bonds. The van der Waals surface area contributed by atoms with Crippen LogP contribution in [0.5, 0.6) is 5.75 Å². The standard InChI is InChI=1S/C20H26N2O2/c1-5-24-18-9-7-6-8-17(18)21-11-10-19(23)22-20-15(3)12-14(2)13-16(20)4/h6-9,12-13,21H,5,10-11H2,1-4H3,(H,22,23). The number of rotatable bonds is 7. The van der Waals surface area contributed by atoms with E-state index in [-0.39, 0.29) is 5.91 Å². The number of hydrogen-bond donors (Lipinski definition) is 2. The average molecular weight is 326 g/mol. The van der Waals surface area contributed by atoms with Gasteiger partial charge in [0, 0.05) is 18.7 Å². The van der Waals surface area contributed by atoms with Gasteiger partial charge >= 0.3 is 0 Å². The van der Waals surface area contributed by atoms with E-state index < -0.39 is 0 Å². The highest BCUT2D eigenvalue weighted by Crippen LogP contribution is 2.24. The average Bonchev–Trinajstić information content (AvgIpc) is 2.53. The Labute approximate surface area is 144 Å². The largest absolute Gasteiger partial charge is 0.492 e. The molecule has 0 saturated carbocycles. The first-order valence-electron chi connectivity index (χ1n) is 8.34. The molecule has 2 aromatic rings. The molecular weight excluding hydrogens is 300 g/mol. The highest BCUT2D eigenvalue weighted by molar-refractivity contribution is 5.92. The summed E-state index contributed by atoms with van der Waals surface area (Å²) in [4.78, 5) is 12.2. The number of hydrogen-bond acceptors (Lipinski definition) is 3. The number of carbonyl (C=O) groups excluding carboxylic acids is 1. The van der Waals surface area contributed by atoms with Crippen LogP contribution in [0.15, 0.2) is 36.4 Å². The molecule has 0 heterocycles. The van der Waals surface area contributed by atoms with Gasteiger partial charge in [0.05, 0.1) is 12.3 Å². The summed E-state index contributed by atoms with van der Waals surface area (Å²) >= 11 is 0. The third kappa shape index (κ3) is 4.75. The molecule has 4 nitrogen and oxygen atoms in total. The fraction of sp³-hybridized carbons (Fsp3) is 0.350. The van der Waals surface area contributed by atoms with Gasteiger partial charge in [-0.1, -0.05) is 29.8 Å². The number of ether oxygens (including phenoxy) is 1. The molecule has 0 aromatic heterocycles. The van der Waals surface area contributed by atoms with Crippen LogP contribution >= 0.6 is 0 Å². The lowest BCUT2D eigenvalue weighted by Gasteiger charge is -2.14. The summed E-state index contributed by atoms with van der Waals surface area (Å²) in [5.74, 6) is 0.817. The first kappa shape index (κ1) is 17.9. The summed E-state index contributed by atoms with van der Waals surface area (Å²) in [6.45, 7) is 9.23. The van der Waals surface area contributed by atoms with E-state index in [1.165, 1.54) is 5.56 Å². The summed E-state index contributed by atoms with van der Waals surface area (Å²) < 4.78 is 5.57. The Morgan fingerprint density at radius 1 is 1.08 bits per heavy atom. The maximum Gasteiger partial charge on any atom is 0.226 e. The van der Waals surface area contributed by atoms with Gasteiger partial charge in [-0.3, -0.25) is 4.79 Å². The zero-order chi connectivity index (χ0) is 17.5. The van der Waals surface area contributed by atoms with Crippen molar-refractivity contribution in [3.8, 4) is 5.75 Å². The summed E-state index contributed by atoms with van der Waals surface area (Å²) in [5.41, 5.74) is 5.22. The van der Waals surface area contributed by atoms with Gasteiger partial charge in [0.25, 0.3) is 0 Å². The predicted molar refractivity (Wildman–Crippen MR) is 100 cm³/mol. The van der Waals surface area contributed by atoms with Gasteiger partial charge in [-0.05, 0) is 51.0 Å². The van der Waals surface area contributed by atoms with E-state index in [1.54, 1.807) is 0 Å². The molecule has 0 aliphatic rings. The van der Waals surface area contributed by atoms with Crippen LogP contribution in [-0.2, 0) is 4.79 Å². The highest BCUT2D eigenvalue weighted by Gasteiger charge is 2.09. The van der Waals surface area contributed by atoms with Crippen molar-refractivity contribution in [2.45, 2.75) is 34.1 Å². The molecule has 0 saturated heterocycles. The van der Waals surface area contributed by atoms with E-state index in [0.717, 1.165) is 28.3 Å². The molecule has 0 fully saturated rings. The molecule has 2 N–H and O–H groups in total. The minimum absolute atomic E-state index is 0.00597. The number of benzene rings is 2. The molecule has 24 heavy (non-hydrogen) atoms. The molecule has 0 unspecified atom stereocenters. The third-order valence-corrected chi connectivity index (χ3v) is 3.80. The molecule has 4 heteroatoms. The van der Waals surface area contributed by atoms with Gasteiger partial charge in [-0.15, -0.1) is 0 Å². The maximum atomic E-state index is 12.2. The van der Waals surface area contributed by atoms with Gasteiger partial charge in [0.2, 0.25) is 5.91 Å². The normalized spacial score (nSPS) is 10.3. The Kier molecular flexibility index (Phi) is 6.24. The molecule has 0 spiro atoms. The number of carbonyl (C=O) groups is 1. The number of nitrogens with one attached hydrogen (secondary N) is 2. The van der Waals surface area contributed by atoms with Crippen LogP contribution in [0.4, 0.5) is 11.4 Å². The van der Waals surface area contributed by atoms with Crippen LogP contribution in [0.1, 0.15) is 30.0 Å². The van der Waals surface area contributed by atoms with E-state index in [9.17, 15) is 4.79 Å². The van der Waals surface area contributed by atoms with Gasteiger partial charge in [-0.2, -0.15) is 0 Å². The molecule has 0 aliphatic carbocycles. The molecule has 2 rings (SSSR count). The Hall–Kier alpha value is -2.49. The van der Waals surface area contributed by atoms with Gasteiger partial charge in [-0.25, -0.2) is 0 Å². The van der Waals surface area contributed by atoms with E-state index in [1.807, 2.05) is 45.0 Å². The quantitative estimate of drug-likeness (QED) is 0.790. The zero-order valence-corrected chi connectivity index (χ0v) is 14.9. The monoisotopic (exact) mass is 326 g/mol. The molecule has 2 aromatic carbocycles. The SMILES string of the molecule is CCOc1ccccc1NCCC(=O)Nc1c(C)cc(C)cc1C. The Morgan fingerprint density at radius 2 is 1.75 bits per heavy atom. The molecular formula is C20H26N2O2. The van der Waals surface area contributed by atoms with E-state index in [0.29, 0.717) is 19.6 Å². The van der Waals surface area contributed by atoms with Gasteiger partial charge < -0.3 is 15.4 Å². The lowest BCUT2D eigenvalue weighted by atomic mass is 10.1. The molecule has 0 aliphatic heterocycles. The molecule has 0 atom stereocenters. The Morgan fingerprint density at radius 3 is 2.42 bits per heavy atom. The van der Waals surface area contributed by atoms with E-state index in [2.05, 4.69) is 29.7 Å². The minimum Gasteiger partial charge on any atom is -0.492 e. The molecule has 0 radical (unpaired) electrons. The fourth-order valence-corrected chi connectivity index (χ4v) is 2.78. The van der Waals surface area contributed by atoms with Crippen molar-refractivity contribution in [3.05, 3.63) is 53.1 Å². The number of para-hydroxylation sites is 2.